The molecular formula is C17H21ClN4O. The molecule has 3 rings (SSSR count). The highest BCUT2D eigenvalue weighted by Crippen LogP contribution is 2.25. The van der Waals surface area contributed by atoms with Gasteiger partial charge in [0.15, 0.2) is 0 Å². The van der Waals surface area contributed by atoms with Crippen molar-refractivity contribution in [3.05, 3.63) is 47.0 Å². The highest BCUT2D eigenvalue weighted by molar-refractivity contribution is 6.30. The van der Waals surface area contributed by atoms with Crippen LogP contribution in [0.5, 0.6) is 0 Å². The van der Waals surface area contributed by atoms with E-state index in [0.29, 0.717) is 12.3 Å². The Balaban J connectivity index is 1.40. The fourth-order valence-corrected chi connectivity index (χ4v) is 3.19. The molecule has 0 atom stereocenters. The first kappa shape index (κ1) is 16.0. The van der Waals surface area contributed by atoms with E-state index in [9.17, 15) is 4.79 Å². The molecule has 122 valence electrons. The first-order chi connectivity index (χ1) is 11.2. The molecule has 6 heteroatoms. The summed E-state index contributed by atoms with van der Waals surface area (Å²) < 4.78 is 0. The number of carbonyl (C=O) groups is 1. The topological polar surface area (TPSA) is 61.9 Å². The molecule has 1 fully saturated rings. The quantitative estimate of drug-likeness (QED) is 0.914. The number of rotatable bonds is 5. The monoisotopic (exact) mass is 332 g/mol. The minimum Gasteiger partial charge on any atom is -0.343 e. The Hall–Kier alpha value is -1.88. The second-order valence-electron chi connectivity index (χ2n) is 6.01. The van der Waals surface area contributed by atoms with E-state index in [4.69, 9.17) is 11.6 Å². The van der Waals surface area contributed by atoms with Gasteiger partial charge in [0.1, 0.15) is 12.2 Å². The van der Waals surface area contributed by atoms with Crippen molar-refractivity contribution in [2.45, 2.75) is 38.0 Å². The maximum atomic E-state index is 12.3. The van der Waals surface area contributed by atoms with Crippen LogP contribution < -0.4 is 0 Å². The number of aromatic nitrogens is 3. The molecule has 0 bridgehead atoms. The van der Waals surface area contributed by atoms with Gasteiger partial charge in [-0.2, -0.15) is 5.10 Å². The number of aromatic amines is 1. The number of piperidine rings is 1. The fourth-order valence-electron chi connectivity index (χ4n) is 3.07. The number of hydrogen-bond donors (Lipinski definition) is 1. The Bertz CT molecular complexity index is 619. The molecule has 1 saturated heterocycles. The van der Waals surface area contributed by atoms with E-state index in [1.54, 1.807) is 6.33 Å². The molecule has 5 nitrogen and oxygen atoms in total. The molecule has 1 aromatic heterocycles. The molecule has 1 aromatic carbocycles. The lowest BCUT2D eigenvalue weighted by Gasteiger charge is -2.31. The molecule has 0 saturated carbocycles. The Morgan fingerprint density at radius 3 is 2.65 bits per heavy atom. The Morgan fingerprint density at radius 2 is 2.00 bits per heavy atom. The van der Waals surface area contributed by atoms with Gasteiger partial charge in [-0.3, -0.25) is 9.89 Å². The standard InChI is InChI=1S/C17H21ClN4O/c18-15-6-4-13(5-7-15)2-1-3-16(23)22-10-8-14(9-11-22)17-19-12-20-21-17/h4-7,12,14H,1-3,8-11H2,(H,19,20,21). The largest absolute Gasteiger partial charge is 0.343 e. The number of H-pyrrole nitrogens is 1. The minimum atomic E-state index is 0.259. The normalized spacial score (nSPS) is 15.8. The van der Waals surface area contributed by atoms with E-state index >= 15 is 0 Å². The predicted molar refractivity (Wildman–Crippen MR) is 89.3 cm³/mol. The van der Waals surface area contributed by atoms with Gasteiger partial charge in [-0.1, -0.05) is 23.7 Å². The summed E-state index contributed by atoms with van der Waals surface area (Å²) in [5.41, 5.74) is 1.23. The number of nitrogens with zero attached hydrogens (tertiary/aromatic N) is 3. The lowest BCUT2D eigenvalue weighted by molar-refractivity contribution is -0.132. The molecule has 2 aromatic rings. The van der Waals surface area contributed by atoms with Crippen LogP contribution in [0.3, 0.4) is 0 Å². The number of benzene rings is 1. The van der Waals surface area contributed by atoms with Crippen molar-refractivity contribution in [3.63, 3.8) is 0 Å². The predicted octanol–water partition coefficient (Wildman–Crippen LogP) is 3.19. The summed E-state index contributed by atoms with van der Waals surface area (Å²) in [7, 11) is 0. The SMILES string of the molecule is O=C(CCCc1ccc(Cl)cc1)N1CCC(c2ncn[nH]2)CC1. The van der Waals surface area contributed by atoms with Crippen LogP contribution in [0.1, 0.15) is 43.0 Å². The summed E-state index contributed by atoms with van der Waals surface area (Å²) in [4.78, 5) is 18.5. The smallest absolute Gasteiger partial charge is 0.222 e. The van der Waals surface area contributed by atoms with Gasteiger partial charge >= 0.3 is 0 Å². The van der Waals surface area contributed by atoms with Crippen molar-refractivity contribution < 1.29 is 4.79 Å². The van der Waals surface area contributed by atoms with E-state index in [0.717, 1.165) is 49.6 Å². The third-order valence-electron chi connectivity index (χ3n) is 4.44. The Labute approximate surface area is 141 Å². The lowest BCUT2D eigenvalue weighted by Crippen LogP contribution is -2.38. The fraction of sp³-hybridized carbons (Fsp3) is 0.471. The van der Waals surface area contributed by atoms with Crippen LogP contribution >= 0.6 is 11.6 Å². The van der Waals surface area contributed by atoms with Crippen molar-refractivity contribution >= 4 is 17.5 Å². The van der Waals surface area contributed by atoms with E-state index < -0.39 is 0 Å². The van der Waals surface area contributed by atoms with Crippen molar-refractivity contribution in [2.75, 3.05) is 13.1 Å². The molecule has 1 aliphatic heterocycles. The lowest BCUT2D eigenvalue weighted by atomic mass is 9.96. The molecule has 2 heterocycles. The van der Waals surface area contributed by atoms with Crippen LogP contribution in [-0.2, 0) is 11.2 Å². The molecule has 1 amide bonds. The summed E-state index contributed by atoms with van der Waals surface area (Å²) in [5, 5.41) is 7.58. The summed E-state index contributed by atoms with van der Waals surface area (Å²) in [6, 6.07) is 7.84. The zero-order chi connectivity index (χ0) is 16.1. The number of nitrogens with one attached hydrogen (secondary N) is 1. The Morgan fingerprint density at radius 1 is 1.26 bits per heavy atom. The number of amides is 1. The van der Waals surface area contributed by atoms with Gasteiger partial charge in [0, 0.05) is 30.5 Å². The van der Waals surface area contributed by atoms with Gasteiger partial charge in [-0.25, -0.2) is 4.98 Å². The average molecular weight is 333 g/mol. The third-order valence-corrected chi connectivity index (χ3v) is 4.69. The minimum absolute atomic E-state index is 0.259. The zero-order valence-corrected chi connectivity index (χ0v) is 13.8. The van der Waals surface area contributed by atoms with Crippen LogP contribution in [0.2, 0.25) is 5.02 Å². The average Bonchev–Trinajstić information content (AvgIpc) is 3.11. The van der Waals surface area contributed by atoms with E-state index in [1.165, 1.54) is 5.56 Å². The summed E-state index contributed by atoms with van der Waals surface area (Å²) >= 11 is 5.88. The zero-order valence-electron chi connectivity index (χ0n) is 13.0. The second kappa shape index (κ2) is 7.59. The first-order valence-corrected chi connectivity index (χ1v) is 8.47. The highest BCUT2D eigenvalue weighted by Gasteiger charge is 2.24. The van der Waals surface area contributed by atoms with E-state index in [-0.39, 0.29) is 5.91 Å². The van der Waals surface area contributed by atoms with E-state index in [1.807, 2.05) is 29.2 Å². The maximum absolute atomic E-state index is 12.3. The summed E-state index contributed by atoms with van der Waals surface area (Å²) in [6.45, 7) is 1.62. The number of aryl methyl sites for hydroxylation is 1. The van der Waals surface area contributed by atoms with Crippen LogP contribution in [0, 0.1) is 0 Å². The molecule has 0 unspecified atom stereocenters. The number of carbonyl (C=O) groups excluding carboxylic acids is 1. The second-order valence-corrected chi connectivity index (χ2v) is 6.44. The summed E-state index contributed by atoms with van der Waals surface area (Å²) in [5.74, 6) is 1.60. The highest BCUT2D eigenvalue weighted by atomic mass is 35.5. The van der Waals surface area contributed by atoms with Gasteiger partial charge in [-0.05, 0) is 43.4 Å². The molecule has 23 heavy (non-hydrogen) atoms. The van der Waals surface area contributed by atoms with Gasteiger partial charge in [-0.15, -0.1) is 0 Å². The first-order valence-electron chi connectivity index (χ1n) is 8.10. The third kappa shape index (κ3) is 4.32. The Kier molecular flexibility index (Phi) is 5.28. The van der Waals surface area contributed by atoms with Gasteiger partial charge in [0.05, 0.1) is 0 Å². The van der Waals surface area contributed by atoms with Gasteiger partial charge in [0.2, 0.25) is 5.91 Å². The number of halogens is 1. The van der Waals surface area contributed by atoms with Gasteiger partial charge < -0.3 is 4.90 Å². The molecule has 0 radical (unpaired) electrons. The molecule has 1 aliphatic rings. The molecule has 0 aliphatic carbocycles. The van der Waals surface area contributed by atoms with Crippen molar-refractivity contribution in [3.8, 4) is 0 Å². The van der Waals surface area contributed by atoms with Crippen molar-refractivity contribution in [1.29, 1.82) is 0 Å². The molecule has 1 N–H and O–H groups in total. The van der Waals surface area contributed by atoms with Crippen molar-refractivity contribution in [1.82, 2.24) is 20.1 Å². The van der Waals surface area contributed by atoms with E-state index in [2.05, 4.69) is 15.2 Å². The van der Waals surface area contributed by atoms with Crippen LogP contribution in [-0.4, -0.2) is 39.1 Å². The van der Waals surface area contributed by atoms with Crippen LogP contribution in [0.4, 0.5) is 0 Å². The number of likely N-dealkylation sites (tertiary alicyclic amines) is 1. The maximum Gasteiger partial charge on any atom is 0.222 e. The molecular weight excluding hydrogens is 312 g/mol. The van der Waals surface area contributed by atoms with Crippen LogP contribution in [0.15, 0.2) is 30.6 Å². The van der Waals surface area contributed by atoms with Crippen molar-refractivity contribution in [2.24, 2.45) is 0 Å². The summed E-state index contributed by atoms with van der Waals surface area (Å²) in [6.07, 6.45) is 5.86. The van der Waals surface area contributed by atoms with Gasteiger partial charge in [0.25, 0.3) is 0 Å². The molecule has 0 spiro atoms. The van der Waals surface area contributed by atoms with Crippen LogP contribution in [0.25, 0.3) is 0 Å². The number of hydrogen-bond acceptors (Lipinski definition) is 3.